The molecule has 134 valence electrons. The van der Waals surface area contributed by atoms with Crippen LogP contribution >= 0.6 is 11.6 Å². The Labute approximate surface area is 150 Å². The van der Waals surface area contributed by atoms with Gasteiger partial charge in [-0.1, -0.05) is 25.4 Å². The summed E-state index contributed by atoms with van der Waals surface area (Å²) in [5.74, 6) is 1.12. The lowest BCUT2D eigenvalue weighted by molar-refractivity contribution is -0.135. The number of rotatable bonds is 5. The second-order valence-corrected chi connectivity index (χ2v) is 7.59. The molecule has 0 bridgehead atoms. The number of hydrogen-bond donors (Lipinski definition) is 0. The molecule has 0 saturated carbocycles. The molecule has 0 N–H and O–H groups in total. The summed E-state index contributed by atoms with van der Waals surface area (Å²) < 4.78 is 5.88. The lowest BCUT2D eigenvalue weighted by Gasteiger charge is -2.36. The fourth-order valence-corrected chi connectivity index (χ4v) is 3.25. The van der Waals surface area contributed by atoms with Crippen molar-refractivity contribution in [3.05, 3.63) is 28.3 Å². The van der Waals surface area contributed by atoms with Crippen LogP contribution in [-0.4, -0.2) is 55.5 Å². The van der Waals surface area contributed by atoms with Crippen LogP contribution in [0.5, 0.6) is 5.75 Å². The molecule has 1 atom stereocenters. The van der Waals surface area contributed by atoms with Gasteiger partial charge in [0.2, 0.25) is 0 Å². The second-order valence-electron chi connectivity index (χ2n) is 7.18. The van der Waals surface area contributed by atoms with E-state index in [9.17, 15) is 4.79 Å². The molecule has 4 nitrogen and oxygen atoms in total. The molecule has 1 aliphatic heterocycles. The average molecular weight is 353 g/mol. The Bertz CT molecular complexity index is 587. The summed E-state index contributed by atoms with van der Waals surface area (Å²) in [6.07, 6.45) is 2.19. The molecule has 2 rings (SSSR count). The third-order valence-corrected chi connectivity index (χ3v) is 5.15. The lowest BCUT2D eigenvalue weighted by Crippen LogP contribution is -2.48. The highest BCUT2D eigenvalue weighted by atomic mass is 35.5. The number of benzene rings is 1. The van der Waals surface area contributed by atoms with E-state index >= 15 is 0 Å². The van der Waals surface area contributed by atoms with Crippen LogP contribution in [-0.2, 0) is 4.79 Å². The van der Waals surface area contributed by atoms with Crippen LogP contribution in [0.1, 0.15) is 43.7 Å². The first kappa shape index (κ1) is 19.1. The zero-order chi connectivity index (χ0) is 17.9. The molecule has 1 amide bonds. The Morgan fingerprint density at radius 2 is 2.12 bits per heavy atom. The zero-order valence-corrected chi connectivity index (χ0v) is 16.2. The second kappa shape index (κ2) is 8.21. The smallest absolute Gasteiger partial charge is 0.260 e. The van der Waals surface area contributed by atoms with Crippen LogP contribution in [0.2, 0.25) is 5.02 Å². The van der Waals surface area contributed by atoms with Gasteiger partial charge in [0.1, 0.15) is 5.75 Å². The lowest BCUT2D eigenvalue weighted by atomic mass is 10.0. The fraction of sp³-hybridized carbons (Fsp3) is 0.632. The van der Waals surface area contributed by atoms with Gasteiger partial charge in [-0.25, -0.2) is 0 Å². The van der Waals surface area contributed by atoms with E-state index in [1.165, 1.54) is 0 Å². The molecule has 0 spiro atoms. The SMILES string of the molecule is Cc1cc(OCC(=O)N2CCCC(N(C)C)C2)c(C(C)C)cc1Cl. The van der Waals surface area contributed by atoms with Gasteiger partial charge in [0, 0.05) is 24.2 Å². The van der Waals surface area contributed by atoms with Crippen molar-refractivity contribution in [3.63, 3.8) is 0 Å². The van der Waals surface area contributed by atoms with Gasteiger partial charge in [-0.2, -0.15) is 0 Å². The maximum atomic E-state index is 12.5. The van der Waals surface area contributed by atoms with Gasteiger partial charge in [0.15, 0.2) is 6.61 Å². The third-order valence-electron chi connectivity index (χ3n) is 4.74. The summed E-state index contributed by atoms with van der Waals surface area (Å²) in [6.45, 7) is 7.84. The number of likely N-dealkylation sites (tertiary alicyclic amines) is 1. The summed E-state index contributed by atoms with van der Waals surface area (Å²) in [6, 6.07) is 4.32. The Hall–Kier alpha value is -1.26. The molecule has 1 aliphatic rings. The Morgan fingerprint density at radius 1 is 1.42 bits per heavy atom. The van der Waals surface area contributed by atoms with Crippen molar-refractivity contribution in [2.24, 2.45) is 0 Å². The maximum absolute atomic E-state index is 12.5. The van der Waals surface area contributed by atoms with E-state index in [0.717, 1.165) is 47.8 Å². The number of likely N-dealkylation sites (N-methyl/N-ethyl adjacent to an activating group) is 1. The Balaban J connectivity index is 2.02. The predicted octanol–water partition coefficient (Wildman–Crippen LogP) is 3.70. The summed E-state index contributed by atoms with van der Waals surface area (Å²) in [4.78, 5) is 16.6. The molecule has 1 fully saturated rings. The summed E-state index contributed by atoms with van der Waals surface area (Å²) in [7, 11) is 4.14. The van der Waals surface area contributed by atoms with Crippen molar-refractivity contribution in [1.29, 1.82) is 0 Å². The number of halogens is 1. The number of nitrogens with zero attached hydrogens (tertiary/aromatic N) is 2. The summed E-state index contributed by atoms with van der Waals surface area (Å²) >= 11 is 6.22. The van der Waals surface area contributed by atoms with Crippen molar-refractivity contribution in [2.45, 2.75) is 45.6 Å². The summed E-state index contributed by atoms with van der Waals surface area (Å²) in [5.41, 5.74) is 2.01. The van der Waals surface area contributed by atoms with E-state index in [1.54, 1.807) is 0 Å². The van der Waals surface area contributed by atoms with Crippen LogP contribution in [0, 0.1) is 6.92 Å². The van der Waals surface area contributed by atoms with Gasteiger partial charge in [0.25, 0.3) is 5.91 Å². The fourth-order valence-electron chi connectivity index (χ4n) is 3.08. The largest absolute Gasteiger partial charge is 0.483 e. The first-order chi connectivity index (χ1) is 11.3. The first-order valence-corrected chi connectivity index (χ1v) is 9.04. The Kier molecular flexibility index (Phi) is 6.53. The number of carbonyl (C=O) groups excluding carboxylic acids is 1. The number of piperidine rings is 1. The van der Waals surface area contributed by atoms with Crippen LogP contribution in [0.25, 0.3) is 0 Å². The van der Waals surface area contributed by atoms with E-state index in [4.69, 9.17) is 16.3 Å². The molecule has 1 unspecified atom stereocenters. The minimum absolute atomic E-state index is 0.0591. The van der Waals surface area contributed by atoms with E-state index in [1.807, 2.05) is 24.0 Å². The van der Waals surface area contributed by atoms with Gasteiger partial charge in [-0.3, -0.25) is 4.79 Å². The van der Waals surface area contributed by atoms with Crippen molar-refractivity contribution in [2.75, 3.05) is 33.8 Å². The molecule has 1 aromatic carbocycles. The molecule has 0 radical (unpaired) electrons. The van der Waals surface area contributed by atoms with E-state index < -0.39 is 0 Å². The highest BCUT2D eigenvalue weighted by Gasteiger charge is 2.25. The van der Waals surface area contributed by atoms with E-state index in [-0.39, 0.29) is 12.5 Å². The molecule has 24 heavy (non-hydrogen) atoms. The normalized spacial score (nSPS) is 18.3. The van der Waals surface area contributed by atoms with Gasteiger partial charge >= 0.3 is 0 Å². The number of aryl methyl sites for hydroxylation is 1. The van der Waals surface area contributed by atoms with Gasteiger partial charge < -0.3 is 14.5 Å². The highest BCUT2D eigenvalue weighted by Crippen LogP contribution is 2.32. The molecular formula is C19H29ClN2O2. The maximum Gasteiger partial charge on any atom is 0.260 e. The molecule has 5 heteroatoms. The average Bonchev–Trinajstić information content (AvgIpc) is 2.55. The number of hydrogen-bond acceptors (Lipinski definition) is 3. The molecule has 0 aliphatic carbocycles. The molecule has 1 aromatic rings. The topological polar surface area (TPSA) is 32.8 Å². The van der Waals surface area contributed by atoms with Crippen LogP contribution in [0.4, 0.5) is 0 Å². The highest BCUT2D eigenvalue weighted by molar-refractivity contribution is 6.31. The van der Waals surface area contributed by atoms with Crippen LogP contribution < -0.4 is 4.74 Å². The summed E-state index contributed by atoms with van der Waals surface area (Å²) in [5, 5.41) is 0.738. The van der Waals surface area contributed by atoms with Crippen molar-refractivity contribution in [3.8, 4) is 5.75 Å². The monoisotopic (exact) mass is 352 g/mol. The van der Waals surface area contributed by atoms with Gasteiger partial charge in [-0.05, 0) is 63.0 Å². The van der Waals surface area contributed by atoms with E-state index in [0.29, 0.717) is 12.0 Å². The Morgan fingerprint density at radius 3 is 2.75 bits per heavy atom. The van der Waals surface area contributed by atoms with E-state index in [2.05, 4.69) is 32.8 Å². The van der Waals surface area contributed by atoms with Crippen LogP contribution in [0.3, 0.4) is 0 Å². The standard InChI is InChI=1S/C19H29ClN2O2/c1-13(2)16-10-17(20)14(3)9-18(16)24-12-19(23)22-8-6-7-15(11-22)21(4)5/h9-10,13,15H,6-8,11-12H2,1-5H3. The number of ether oxygens (including phenoxy) is 1. The van der Waals surface area contributed by atoms with Gasteiger partial charge in [0.05, 0.1) is 0 Å². The zero-order valence-electron chi connectivity index (χ0n) is 15.4. The molecular weight excluding hydrogens is 324 g/mol. The van der Waals surface area contributed by atoms with Crippen molar-refractivity contribution < 1.29 is 9.53 Å². The molecule has 1 saturated heterocycles. The number of amides is 1. The molecule has 1 heterocycles. The molecule has 0 aromatic heterocycles. The van der Waals surface area contributed by atoms with Crippen molar-refractivity contribution >= 4 is 17.5 Å². The van der Waals surface area contributed by atoms with Crippen molar-refractivity contribution in [1.82, 2.24) is 9.80 Å². The predicted molar refractivity (Wildman–Crippen MR) is 99.1 cm³/mol. The quantitative estimate of drug-likeness (QED) is 0.810. The number of carbonyl (C=O) groups is 1. The minimum atomic E-state index is 0.0591. The third kappa shape index (κ3) is 4.64. The van der Waals surface area contributed by atoms with Crippen LogP contribution in [0.15, 0.2) is 12.1 Å². The first-order valence-electron chi connectivity index (χ1n) is 8.66. The minimum Gasteiger partial charge on any atom is -0.483 e. The van der Waals surface area contributed by atoms with Gasteiger partial charge in [-0.15, -0.1) is 0 Å².